The number of nitrogens with zero attached hydrogens (tertiary/aromatic N) is 5. The number of hydrogen-bond donors (Lipinski definition) is 0. The van der Waals surface area contributed by atoms with E-state index in [1.807, 2.05) is 31.2 Å². The van der Waals surface area contributed by atoms with Crippen LogP contribution in [0.25, 0.3) is 10.2 Å². The van der Waals surface area contributed by atoms with E-state index in [0.29, 0.717) is 5.15 Å². The van der Waals surface area contributed by atoms with Crippen LogP contribution in [0.2, 0.25) is 10.2 Å². The Kier molecular flexibility index (Phi) is 4.67. The molecule has 1 aromatic carbocycles. The van der Waals surface area contributed by atoms with E-state index < -0.39 is 0 Å². The summed E-state index contributed by atoms with van der Waals surface area (Å²) < 4.78 is 1.13. The number of aromatic nitrogens is 3. The Balaban J connectivity index is 1.49. The predicted octanol–water partition coefficient (Wildman–Crippen LogP) is 4.28. The Labute approximate surface area is 160 Å². The van der Waals surface area contributed by atoms with Crippen molar-refractivity contribution >= 4 is 55.7 Å². The van der Waals surface area contributed by atoms with Gasteiger partial charge in [-0.05, 0) is 18.2 Å². The summed E-state index contributed by atoms with van der Waals surface area (Å²) in [5.74, 6) is 1.69. The van der Waals surface area contributed by atoms with Gasteiger partial charge < -0.3 is 9.80 Å². The fourth-order valence-corrected chi connectivity index (χ4v) is 4.41. The first-order valence-corrected chi connectivity index (χ1v) is 9.79. The number of rotatable bonds is 3. The van der Waals surface area contributed by atoms with E-state index in [1.165, 1.54) is 0 Å². The molecule has 8 heteroatoms. The molecule has 0 spiro atoms. The minimum absolute atomic E-state index is 0.507. The van der Waals surface area contributed by atoms with Crippen LogP contribution >= 0.6 is 34.5 Å². The Hall–Kier alpha value is -1.63. The Morgan fingerprint density at radius 1 is 1.00 bits per heavy atom. The standard InChI is InChI=1S/C17H17Cl2N5S/c1-2-15-21-14(19)10-16(22-15)23-5-7-24(8-6-23)17-20-12-4-3-11(18)9-13(12)25-17/h3-4,9-10H,2,5-8H2,1H3. The zero-order chi connectivity index (χ0) is 17.4. The zero-order valence-corrected chi connectivity index (χ0v) is 16.1. The molecule has 0 saturated carbocycles. The predicted molar refractivity (Wildman–Crippen MR) is 105 cm³/mol. The molecule has 0 bridgehead atoms. The van der Waals surface area contributed by atoms with Gasteiger partial charge in [0.2, 0.25) is 0 Å². The second-order valence-corrected chi connectivity index (χ2v) is 7.73. The SMILES string of the molecule is CCc1nc(Cl)cc(N2CCN(c3nc4ccc(Cl)cc4s3)CC2)n1. The second kappa shape index (κ2) is 6.94. The number of thiazole rings is 1. The van der Waals surface area contributed by atoms with Crippen molar-refractivity contribution in [1.29, 1.82) is 0 Å². The van der Waals surface area contributed by atoms with E-state index in [2.05, 4.69) is 19.8 Å². The van der Waals surface area contributed by atoms with Crippen LogP contribution in [0, 0.1) is 0 Å². The van der Waals surface area contributed by atoms with Crippen LogP contribution in [0.1, 0.15) is 12.7 Å². The van der Waals surface area contributed by atoms with Gasteiger partial charge in [-0.25, -0.2) is 15.0 Å². The lowest BCUT2D eigenvalue weighted by Crippen LogP contribution is -2.46. The summed E-state index contributed by atoms with van der Waals surface area (Å²) in [4.78, 5) is 18.2. The zero-order valence-electron chi connectivity index (χ0n) is 13.7. The van der Waals surface area contributed by atoms with Gasteiger partial charge in [0, 0.05) is 43.7 Å². The van der Waals surface area contributed by atoms with Crippen LogP contribution in [0.15, 0.2) is 24.3 Å². The molecular formula is C17H17Cl2N5S. The van der Waals surface area contributed by atoms with E-state index in [0.717, 1.165) is 64.6 Å². The van der Waals surface area contributed by atoms with Gasteiger partial charge in [0.05, 0.1) is 10.2 Å². The highest BCUT2D eigenvalue weighted by atomic mass is 35.5. The van der Waals surface area contributed by atoms with Crippen molar-refractivity contribution in [1.82, 2.24) is 15.0 Å². The second-order valence-electron chi connectivity index (χ2n) is 5.90. The average Bonchev–Trinajstić information content (AvgIpc) is 3.04. The first-order chi connectivity index (χ1) is 12.1. The molecule has 3 heterocycles. The lowest BCUT2D eigenvalue weighted by Gasteiger charge is -2.35. The molecule has 2 aromatic heterocycles. The molecule has 0 atom stereocenters. The smallest absolute Gasteiger partial charge is 0.186 e. The molecule has 0 N–H and O–H groups in total. The summed E-state index contributed by atoms with van der Waals surface area (Å²) in [6.07, 6.45) is 0.780. The molecule has 1 saturated heterocycles. The van der Waals surface area contributed by atoms with E-state index in [4.69, 9.17) is 28.2 Å². The number of halogens is 2. The van der Waals surface area contributed by atoms with Gasteiger partial charge in [0.1, 0.15) is 16.8 Å². The summed E-state index contributed by atoms with van der Waals surface area (Å²) in [5.41, 5.74) is 1.00. The van der Waals surface area contributed by atoms with Gasteiger partial charge in [0.15, 0.2) is 5.13 Å². The van der Waals surface area contributed by atoms with Crippen molar-refractivity contribution in [3.8, 4) is 0 Å². The highest BCUT2D eigenvalue weighted by Gasteiger charge is 2.21. The van der Waals surface area contributed by atoms with Crippen LogP contribution in [-0.2, 0) is 6.42 Å². The first kappa shape index (κ1) is 16.8. The molecule has 5 nitrogen and oxygen atoms in total. The van der Waals surface area contributed by atoms with E-state index in [-0.39, 0.29) is 0 Å². The number of anilines is 2. The van der Waals surface area contributed by atoms with Crippen molar-refractivity contribution in [2.45, 2.75) is 13.3 Å². The van der Waals surface area contributed by atoms with Crippen molar-refractivity contribution in [3.63, 3.8) is 0 Å². The largest absolute Gasteiger partial charge is 0.353 e. The normalized spacial score (nSPS) is 15.2. The highest BCUT2D eigenvalue weighted by molar-refractivity contribution is 7.22. The van der Waals surface area contributed by atoms with Gasteiger partial charge >= 0.3 is 0 Å². The van der Waals surface area contributed by atoms with Crippen molar-refractivity contribution < 1.29 is 0 Å². The maximum absolute atomic E-state index is 6.12. The number of piperazine rings is 1. The van der Waals surface area contributed by atoms with E-state index in [1.54, 1.807) is 11.3 Å². The molecule has 3 aromatic rings. The summed E-state index contributed by atoms with van der Waals surface area (Å²) in [6, 6.07) is 7.68. The van der Waals surface area contributed by atoms with Crippen molar-refractivity contribution in [2.75, 3.05) is 36.0 Å². The van der Waals surface area contributed by atoms with Crippen molar-refractivity contribution in [3.05, 3.63) is 40.3 Å². The highest BCUT2D eigenvalue weighted by Crippen LogP contribution is 2.31. The monoisotopic (exact) mass is 393 g/mol. The molecule has 0 radical (unpaired) electrons. The molecule has 0 unspecified atom stereocenters. The topological polar surface area (TPSA) is 45.2 Å². The molecular weight excluding hydrogens is 377 g/mol. The van der Waals surface area contributed by atoms with E-state index in [9.17, 15) is 0 Å². The van der Waals surface area contributed by atoms with Crippen LogP contribution in [-0.4, -0.2) is 41.1 Å². The van der Waals surface area contributed by atoms with Crippen LogP contribution in [0.4, 0.5) is 10.9 Å². The fraction of sp³-hybridized carbons (Fsp3) is 0.353. The molecule has 0 amide bonds. The number of hydrogen-bond acceptors (Lipinski definition) is 6. The van der Waals surface area contributed by atoms with Gasteiger partial charge in [-0.15, -0.1) is 0 Å². The third-order valence-electron chi connectivity index (χ3n) is 4.26. The fourth-order valence-electron chi connectivity index (χ4n) is 2.92. The summed E-state index contributed by atoms with van der Waals surface area (Å²) in [5, 5.41) is 2.30. The van der Waals surface area contributed by atoms with Gasteiger partial charge in [-0.3, -0.25) is 0 Å². The maximum atomic E-state index is 6.12. The third kappa shape index (κ3) is 3.52. The van der Waals surface area contributed by atoms with E-state index >= 15 is 0 Å². The van der Waals surface area contributed by atoms with Gasteiger partial charge in [-0.1, -0.05) is 41.5 Å². The van der Waals surface area contributed by atoms with Crippen molar-refractivity contribution in [2.24, 2.45) is 0 Å². The number of benzene rings is 1. The molecule has 1 aliphatic heterocycles. The summed E-state index contributed by atoms with van der Waals surface area (Å²) >= 11 is 13.9. The van der Waals surface area contributed by atoms with Crippen LogP contribution < -0.4 is 9.80 Å². The molecule has 1 aliphatic rings. The van der Waals surface area contributed by atoms with Gasteiger partial charge in [-0.2, -0.15) is 0 Å². The molecule has 0 aliphatic carbocycles. The van der Waals surface area contributed by atoms with Gasteiger partial charge in [0.25, 0.3) is 0 Å². The van der Waals surface area contributed by atoms with Crippen LogP contribution in [0.5, 0.6) is 0 Å². The Morgan fingerprint density at radius 2 is 1.76 bits per heavy atom. The Morgan fingerprint density at radius 3 is 2.52 bits per heavy atom. The average molecular weight is 394 g/mol. The summed E-state index contributed by atoms with van der Waals surface area (Å²) in [6.45, 7) is 5.60. The maximum Gasteiger partial charge on any atom is 0.186 e. The molecule has 130 valence electrons. The number of fused-ring (bicyclic) bond motifs is 1. The third-order valence-corrected chi connectivity index (χ3v) is 5.76. The molecule has 4 rings (SSSR count). The first-order valence-electron chi connectivity index (χ1n) is 8.22. The molecule has 1 fully saturated rings. The molecule has 25 heavy (non-hydrogen) atoms. The summed E-state index contributed by atoms with van der Waals surface area (Å²) in [7, 11) is 0. The van der Waals surface area contributed by atoms with Crippen LogP contribution in [0.3, 0.4) is 0 Å². The number of aryl methyl sites for hydroxylation is 1. The Bertz CT molecular complexity index is 905. The minimum atomic E-state index is 0.507. The lowest BCUT2D eigenvalue weighted by atomic mass is 10.3. The quantitative estimate of drug-likeness (QED) is 0.621. The minimum Gasteiger partial charge on any atom is -0.353 e. The lowest BCUT2D eigenvalue weighted by molar-refractivity contribution is 0.644.